The van der Waals surface area contributed by atoms with Crippen LogP contribution in [0.2, 0.25) is 0 Å². The van der Waals surface area contributed by atoms with E-state index in [0.717, 1.165) is 60.3 Å². The van der Waals surface area contributed by atoms with Gasteiger partial charge < -0.3 is 10.1 Å². The highest BCUT2D eigenvalue weighted by Gasteiger charge is 2.60. The second-order valence-electron chi connectivity index (χ2n) is 13.5. The van der Waals surface area contributed by atoms with Crippen LogP contribution in [0.5, 0.6) is 0 Å². The van der Waals surface area contributed by atoms with E-state index in [1.807, 2.05) is 0 Å². The van der Waals surface area contributed by atoms with Gasteiger partial charge in [-0.2, -0.15) is 0 Å². The molecule has 4 aliphatic carbocycles. The fourth-order valence-corrected chi connectivity index (χ4v) is 10.1. The highest BCUT2D eigenvalue weighted by molar-refractivity contribution is 5.75. The minimum atomic E-state index is -0.0315. The van der Waals surface area contributed by atoms with Crippen LogP contribution in [0, 0.1) is 53.3 Å². The van der Waals surface area contributed by atoms with Gasteiger partial charge in [0.25, 0.3) is 0 Å². The number of imidazole rings is 1. The molecule has 4 fully saturated rings. The second kappa shape index (κ2) is 8.36. The van der Waals surface area contributed by atoms with Gasteiger partial charge in [0, 0.05) is 6.42 Å². The third kappa shape index (κ3) is 3.59. The molecule has 0 aliphatic heterocycles. The topological polar surface area (TPSA) is 48.9 Å². The number of nitrogens with one attached hydrogen (secondary N) is 1. The predicted molar refractivity (Wildman–Crippen MR) is 140 cm³/mol. The summed E-state index contributed by atoms with van der Waals surface area (Å²) >= 11 is 0. The Morgan fingerprint density at radius 1 is 1.03 bits per heavy atom. The molecule has 2 aromatic rings. The van der Waals surface area contributed by atoms with Crippen LogP contribution in [0.15, 0.2) is 18.2 Å². The zero-order chi connectivity index (χ0) is 23.7. The quantitative estimate of drug-likeness (QED) is 0.495. The summed E-state index contributed by atoms with van der Waals surface area (Å²) in [5.74, 6) is 6.34. The van der Waals surface area contributed by atoms with Gasteiger partial charge in [-0.15, -0.1) is 0 Å². The lowest BCUT2D eigenvalue weighted by molar-refractivity contribution is -0.129. The van der Waals surface area contributed by atoms with Crippen molar-refractivity contribution in [2.24, 2.45) is 46.3 Å². The first-order chi connectivity index (χ1) is 16.3. The molecular formula is C31H46N2O. The van der Waals surface area contributed by atoms with Crippen LogP contribution in [0.4, 0.5) is 0 Å². The van der Waals surface area contributed by atoms with Gasteiger partial charge in [0.2, 0.25) is 0 Å². The Morgan fingerprint density at radius 2 is 1.82 bits per heavy atom. The summed E-state index contributed by atoms with van der Waals surface area (Å²) in [5, 5.41) is 10.3. The number of rotatable bonds is 4. The molecule has 0 saturated heterocycles. The predicted octanol–water partition coefficient (Wildman–Crippen LogP) is 7.46. The molecule has 4 aliphatic rings. The largest absolute Gasteiger partial charge is 0.393 e. The molecular weight excluding hydrogens is 416 g/mol. The van der Waals surface area contributed by atoms with Crippen molar-refractivity contribution >= 4 is 11.0 Å². The van der Waals surface area contributed by atoms with E-state index in [1.165, 1.54) is 68.3 Å². The summed E-state index contributed by atoms with van der Waals surface area (Å²) in [6.45, 7) is 9.99. The average Bonchev–Trinajstić information content (AvgIpc) is 3.37. The number of H-pyrrole nitrogens is 1. The van der Waals surface area contributed by atoms with E-state index in [1.54, 1.807) is 0 Å². The molecule has 6 rings (SSSR count). The number of nitrogens with zero attached hydrogens (tertiary/aromatic N) is 1. The van der Waals surface area contributed by atoms with Crippen LogP contribution in [-0.2, 0) is 6.42 Å². The molecule has 1 aromatic carbocycles. The molecule has 2 N–H and O–H groups in total. The number of aromatic amines is 1. The van der Waals surface area contributed by atoms with Crippen LogP contribution >= 0.6 is 0 Å². The van der Waals surface area contributed by atoms with Crippen molar-refractivity contribution in [3.05, 3.63) is 29.6 Å². The summed E-state index contributed by atoms with van der Waals surface area (Å²) in [6.07, 6.45) is 14.2. The summed E-state index contributed by atoms with van der Waals surface area (Å²) in [5.41, 5.74) is 4.62. The molecule has 186 valence electrons. The maximum Gasteiger partial charge on any atom is 0.107 e. The number of hydrogen-bond acceptors (Lipinski definition) is 2. The zero-order valence-electron chi connectivity index (χ0n) is 21.9. The smallest absolute Gasteiger partial charge is 0.107 e. The van der Waals surface area contributed by atoms with Crippen molar-refractivity contribution in [3.63, 3.8) is 0 Å². The Labute approximate surface area is 206 Å². The van der Waals surface area contributed by atoms with Gasteiger partial charge in [-0.1, -0.05) is 26.8 Å². The highest BCUT2D eigenvalue weighted by Crippen LogP contribution is 2.68. The first-order valence-corrected chi connectivity index (χ1v) is 14.4. The number of hydrogen-bond donors (Lipinski definition) is 2. The Kier molecular flexibility index (Phi) is 5.67. The summed E-state index contributed by atoms with van der Waals surface area (Å²) in [4.78, 5) is 8.47. The van der Waals surface area contributed by atoms with E-state index < -0.39 is 0 Å². The lowest BCUT2D eigenvalue weighted by atomic mass is 9.44. The average molecular weight is 463 g/mol. The number of fused-ring (bicyclic) bond motifs is 6. The van der Waals surface area contributed by atoms with Gasteiger partial charge in [-0.05, 0) is 135 Å². The van der Waals surface area contributed by atoms with E-state index >= 15 is 0 Å². The number of aromatic nitrogens is 2. The molecule has 34 heavy (non-hydrogen) atoms. The van der Waals surface area contributed by atoms with Crippen LogP contribution in [0.25, 0.3) is 11.0 Å². The Hall–Kier alpha value is -1.35. The van der Waals surface area contributed by atoms with E-state index in [9.17, 15) is 5.11 Å². The van der Waals surface area contributed by atoms with Gasteiger partial charge in [0.05, 0.1) is 17.1 Å². The maximum atomic E-state index is 10.3. The standard InChI is InChI=1S/C31H46N2O/c1-19-5-11-27-28(17-19)33-29(32-27)12-6-20(2)24-9-10-25-23-8-7-21-18-22(34)13-15-30(21,3)26(23)14-16-31(24,25)4/h5,11,17,20-26,34H,6-10,12-16,18H2,1-4H3,(H,32,33)/t20-,21+,22+,23-,24+,25-,26-,30-,31+/m0/s1. The van der Waals surface area contributed by atoms with Crippen molar-refractivity contribution < 1.29 is 5.11 Å². The minimum absolute atomic E-state index is 0.0315. The minimum Gasteiger partial charge on any atom is -0.393 e. The van der Waals surface area contributed by atoms with Crippen molar-refractivity contribution in [3.8, 4) is 0 Å². The molecule has 1 heterocycles. The summed E-state index contributed by atoms with van der Waals surface area (Å²) < 4.78 is 0. The van der Waals surface area contributed by atoms with Crippen molar-refractivity contribution in [2.75, 3.05) is 0 Å². The van der Waals surface area contributed by atoms with E-state index in [2.05, 4.69) is 50.9 Å². The Bertz CT molecular complexity index is 1040. The van der Waals surface area contributed by atoms with Gasteiger partial charge in [-0.25, -0.2) is 4.98 Å². The van der Waals surface area contributed by atoms with Crippen LogP contribution < -0.4 is 0 Å². The highest BCUT2D eigenvalue weighted by atomic mass is 16.3. The molecule has 0 unspecified atom stereocenters. The SMILES string of the molecule is Cc1ccc2nc(CC[C@H](C)[C@H]3CC[C@H]4[C@@H]5CC[C@@H]6C[C@H](O)CC[C@]6(C)[C@H]5CC[C@]34C)[nH]c2c1. The zero-order valence-corrected chi connectivity index (χ0v) is 21.9. The van der Waals surface area contributed by atoms with Gasteiger partial charge >= 0.3 is 0 Å². The molecule has 3 heteroatoms. The molecule has 0 amide bonds. The van der Waals surface area contributed by atoms with Crippen molar-refractivity contribution in [2.45, 2.75) is 104 Å². The molecule has 9 atom stereocenters. The van der Waals surface area contributed by atoms with E-state index in [4.69, 9.17) is 4.98 Å². The number of aryl methyl sites for hydroxylation is 2. The first-order valence-electron chi connectivity index (χ1n) is 14.4. The third-order valence-electron chi connectivity index (χ3n) is 11.9. The normalized spacial score (nSPS) is 42.7. The summed E-state index contributed by atoms with van der Waals surface area (Å²) in [7, 11) is 0. The monoisotopic (exact) mass is 462 g/mol. The number of benzene rings is 1. The van der Waals surface area contributed by atoms with Crippen molar-refractivity contribution in [1.29, 1.82) is 0 Å². The molecule has 0 spiro atoms. The Morgan fingerprint density at radius 3 is 2.68 bits per heavy atom. The molecule has 4 saturated carbocycles. The number of aliphatic hydroxyl groups excluding tert-OH is 1. The van der Waals surface area contributed by atoms with Crippen LogP contribution in [0.3, 0.4) is 0 Å². The summed E-state index contributed by atoms with van der Waals surface area (Å²) in [6, 6.07) is 6.53. The van der Waals surface area contributed by atoms with Crippen LogP contribution in [0.1, 0.15) is 96.4 Å². The van der Waals surface area contributed by atoms with Gasteiger partial charge in [0.15, 0.2) is 0 Å². The lowest BCUT2D eigenvalue weighted by Crippen LogP contribution is -2.54. The molecule has 3 nitrogen and oxygen atoms in total. The molecule has 1 aromatic heterocycles. The van der Waals surface area contributed by atoms with Crippen molar-refractivity contribution in [1.82, 2.24) is 9.97 Å². The van der Waals surface area contributed by atoms with Crippen LogP contribution in [-0.4, -0.2) is 21.2 Å². The Balaban J connectivity index is 1.15. The fraction of sp³-hybridized carbons (Fsp3) is 0.774. The van der Waals surface area contributed by atoms with E-state index in [0.29, 0.717) is 10.8 Å². The molecule has 0 radical (unpaired) electrons. The third-order valence-corrected chi connectivity index (χ3v) is 11.9. The maximum absolute atomic E-state index is 10.3. The molecule has 0 bridgehead atoms. The van der Waals surface area contributed by atoms with E-state index in [-0.39, 0.29) is 6.10 Å². The second-order valence-corrected chi connectivity index (χ2v) is 13.5. The fourth-order valence-electron chi connectivity index (χ4n) is 10.1. The lowest BCUT2D eigenvalue weighted by Gasteiger charge is -2.61. The first kappa shape index (κ1) is 23.1. The number of aliphatic hydroxyl groups is 1. The van der Waals surface area contributed by atoms with Gasteiger partial charge in [0.1, 0.15) is 5.82 Å². The van der Waals surface area contributed by atoms with Gasteiger partial charge in [-0.3, -0.25) is 0 Å².